The van der Waals surface area contributed by atoms with Gasteiger partial charge in [-0.2, -0.15) is 0 Å². The molecule has 1 atom stereocenters. The van der Waals surface area contributed by atoms with Gasteiger partial charge in [-0.05, 0) is 31.5 Å². The third-order valence-electron chi connectivity index (χ3n) is 5.36. The molecule has 0 radical (unpaired) electrons. The first-order valence-electron chi connectivity index (χ1n) is 10.2. The Labute approximate surface area is 190 Å². The van der Waals surface area contributed by atoms with E-state index in [4.69, 9.17) is 21.1 Å². The number of benzene rings is 3. The lowest BCUT2D eigenvalue weighted by Crippen LogP contribution is -2.30. The molecule has 3 aromatic carbocycles. The second-order valence-electron chi connectivity index (χ2n) is 7.88. The van der Waals surface area contributed by atoms with E-state index >= 15 is 4.39 Å². The molecule has 1 amide bonds. The van der Waals surface area contributed by atoms with Crippen LogP contribution in [-0.4, -0.2) is 19.1 Å². The van der Waals surface area contributed by atoms with Crippen LogP contribution < -0.4 is 14.8 Å². The maximum Gasteiger partial charge on any atom is 0.252 e. The third-order valence-corrected chi connectivity index (χ3v) is 5.73. The minimum atomic E-state index is -0.790. The van der Waals surface area contributed by atoms with E-state index in [9.17, 15) is 9.18 Å². The van der Waals surface area contributed by atoms with Crippen molar-refractivity contribution in [2.75, 3.05) is 7.11 Å². The highest BCUT2D eigenvalue weighted by Crippen LogP contribution is 2.48. The van der Waals surface area contributed by atoms with Crippen molar-refractivity contribution in [2.45, 2.75) is 32.4 Å². The van der Waals surface area contributed by atoms with Gasteiger partial charge in [0.25, 0.3) is 5.91 Å². The van der Waals surface area contributed by atoms with E-state index < -0.39 is 17.5 Å². The summed E-state index contributed by atoms with van der Waals surface area (Å²) in [5.74, 6) is -1.85. The molecule has 1 unspecified atom stereocenters. The van der Waals surface area contributed by atoms with Gasteiger partial charge in [0.2, 0.25) is 0 Å². The topological polar surface area (TPSA) is 47.6 Å². The Hall–Kier alpha value is -3.12. The molecule has 0 aromatic heterocycles. The number of hydrogen-bond acceptors (Lipinski definition) is 3. The zero-order chi connectivity index (χ0) is 23.0. The zero-order valence-electron chi connectivity index (χ0n) is 17.8. The van der Waals surface area contributed by atoms with Crippen LogP contribution in [0.2, 0.25) is 5.02 Å². The Morgan fingerprint density at radius 1 is 1.16 bits per heavy atom. The van der Waals surface area contributed by atoms with Crippen molar-refractivity contribution in [1.82, 2.24) is 5.32 Å². The van der Waals surface area contributed by atoms with E-state index in [1.807, 2.05) is 30.3 Å². The summed E-state index contributed by atoms with van der Waals surface area (Å²) >= 11 is 6.39. The van der Waals surface area contributed by atoms with Crippen molar-refractivity contribution in [1.29, 1.82) is 0 Å². The lowest BCUT2D eigenvalue weighted by molar-refractivity contribution is 0.0943. The summed E-state index contributed by atoms with van der Waals surface area (Å²) in [6.07, 6.45) is -0.0410. The van der Waals surface area contributed by atoms with E-state index in [0.717, 1.165) is 5.56 Å². The fourth-order valence-electron chi connectivity index (χ4n) is 3.93. The SMILES string of the molecule is COc1ccc(C(=O)NC(C)C)c(-c2c(Cl)c(F)cc3c2CC(c2ccccc2)O3)c1F. The van der Waals surface area contributed by atoms with Crippen molar-refractivity contribution in [3.63, 3.8) is 0 Å². The first-order chi connectivity index (χ1) is 15.3. The molecule has 0 spiro atoms. The number of nitrogens with one attached hydrogen (secondary N) is 1. The largest absolute Gasteiger partial charge is 0.494 e. The van der Waals surface area contributed by atoms with Crippen LogP contribution in [-0.2, 0) is 6.42 Å². The Kier molecular flexibility index (Phi) is 6.07. The average Bonchev–Trinajstić information content (AvgIpc) is 3.18. The molecule has 0 bridgehead atoms. The van der Waals surface area contributed by atoms with Crippen molar-refractivity contribution in [3.8, 4) is 22.6 Å². The van der Waals surface area contributed by atoms with E-state index in [0.29, 0.717) is 12.0 Å². The Morgan fingerprint density at radius 3 is 2.53 bits per heavy atom. The van der Waals surface area contributed by atoms with Crippen molar-refractivity contribution in [3.05, 3.63) is 81.9 Å². The fraction of sp³-hybridized carbons (Fsp3) is 0.240. The maximum absolute atomic E-state index is 15.6. The second-order valence-corrected chi connectivity index (χ2v) is 8.26. The van der Waals surface area contributed by atoms with Gasteiger partial charge >= 0.3 is 0 Å². The first kappa shape index (κ1) is 22.1. The summed E-state index contributed by atoms with van der Waals surface area (Å²) in [5.41, 5.74) is 1.46. The summed E-state index contributed by atoms with van der Waals surface area (Å²) < 4.78 is 41.6. The minimum Gasteiger partial charge on any atom is -0.494 e. The molecule has 32 heavy (non-hydrogen) atoms. The molecule has 7 heteroatoms. The van der Waals surface area contributed by atoms with Crippen LogP contribution in [0.3, 0.4) is 0 Å². The van der Waals surface area contributed by atoms with Crippen LogP contribution in [0.4, 0.5) is 8.78 Å². The van der Waals surface area contributed by atoms with E-state index in [1.165, 1.54) is 25.3 Å². The quantitative estimate of drug-likeness (QED) is 0.503. The predicted octanol–water partition coefficient (Wildman–Crippen LogP) is 6.11. The third kappa shape index (κ3) is 3.91. The Balaban J connectivity index is 1.93. The number of carbonyl (C=O) groups is 1. The molecule has 1 heterocycles. The van der Waals surface area contributed by atoms with E-state index in [2.05, 4.69) is 5.32 Å². The summed E-state index contributed by atoms with van der Waals surface area (Å²) in [6.45, 7) is 3.59. The number of fused-ring (bicyclic) bond motifs is 1. The van der Waals surface area contributed by atoms with Crippen molar-refractivity contribution >= 4 is 17.5 Å². The smallest absolute Gasteiger partial charge is 0.252 e. The van der Waals surface area contributed by atoms with Crippen LogP contribution >= 0.6 is 11.6 Å². The van der Waals surface area contributed by atoms with Crippen LogP contribution in [0.1, 0.15) is 41.4 Å². The number of hydrogen-bond donors (Lipinski definition) is 1. The lowest BCUT2D eigenvalue weighted by atomic mass is 9.91. The number of carbonyl (C=O) groups excluding carboxylic acids is 1. The van der Waals surface area contributed by atoms with Crippen molar-refractivity contribution < 1.29 is 23.0 Å². The van der Waals surface area contributed by atoms with Gasteiger partial charge in [-0.15, -0.1) is 0 Å². The standard InChI is InChI=1S/C25H22ClF2NO3/c1-13(2)29-25(30)15-9-10-18(31-3)24(28)22(15)21-16-11-19(14-7-5-4-6-8-14)32-20(16)12-17(27)23(21)26/h4-10,12-13,19H,11H2,1-3H3,(H,29,30). The number of methoxy groups -OCH3 is 1. The number of rotatable bonds is 5. The fourth-order valence-corrected chi connectivity index (χ4v) is 4.19. The summed E-state index contributed by atoms with van der Waals surface area (Å²) in [7, 11) is 1.32. The van der Waals surface area contributed by atoms with Crippen molar-refractivity contribution in [2.24, 2.45) is 0 Å². The highest BCUT2D eigenvalue weighted by atomic mass is 35.5. The predicted molar refractivity (Wildman–Crippen MR) is 119 cm³/mol. The zero-order valence-corrected chi connectivity index (χ0v) is 18.6. The number of halogens is 3. The maximum atomic E-state index is 15.6. The average molecular weight is 458 g/mol. The van der Waals surface area contributed by atoms with Gasteiger partial charge in [0, 0.05) is 35.2 Å². The monoisotopic (exact) mass is 457 g/mol. The molecule has 4 nitrogen and oxygen atoms in total. The number of amides is 1. The Bertz CT molecular complexity index is 1180. The van der Waals surface area contributed by atoms with Gasteiger partial charge in [0.15, 0.2) is 11.6 Å². The minimum absolute atomic E-state index is 0.0369. The van der Waals surface area contributed by atoms with Gasteiger partial charge in [-0.3, -0.25) is 4.79 Å². The van der Waals surface area contributed by atoms with Crippen LogP contribution in [0.15, 0.2) is 48.5 Å². The van der Waals surface area contributed by atoms with Gasteiger partial charge in [0.1, 0.15) is 17.7 Å². The number of ether oxygens (including phenoxy) is 2. The highest BCUT2D eigenvalue weighted by molar-refractivity contribution is 6.34. The molecule has 1 aliphatic rings. The molecule has 0 fully saturated rings. The molecule has 166 valence electrons. The molecule has 4 rings (SSSR count). The van der Waals surface area contributed by atoms with Gasteiger partial charge in [0.05, 0.1) is 17.7 Å². The van der Waals surface area contributed by atoms with Crippen LogP contribution in [0, 0.1) is 11.6 Å². The lowest BCUT2D eigenvalue weighted by Gasteiger charge is -2.18. The summed E-state index contributed by atoms with van der Waals surface area (Å²) in [5, 5.41) is 2.48. The molecule has 0 aliphatic carbocycles. The molecule has 1 N–H and O–H groups in total. The highest BCUT2D eigenvalue weighted by Gasteiger charge is 2.33. The molecular weight excluding hydrogens is 436 g/mol. The molecule has 3 aromatic rings. The summed E-state index contributed by atoms with van der Waals surface area (Å²) in [6, 6.07) is 13.3. The normalized spacial score (nSPS) is 14.8. The molecular formula is C25H22ClF2NO3. The summed E-state index contributed by atoms with van der Waals surface area (Å²) in [4.78, 5) is 12.9. The van der Waals surface area contributed by atoms with Gasteiger partial charge < -0.3 is 14.8 Å². The second kappa shape index (κ2) is 8.79. The van der Waals surface area contributed by atoms with Gasteiger partial charge in [-0.1, -0.05) is 41.9 Å². The first-order valence-corrected chi connectivity index (χ1v) is 10.6. The van der Waals surface area contributed by atoms with Crippen LogP contribution in [0.5, 0.6) is 11.5 Å². The van der Waals surface area contributed by atoms with Gasteiger partial charge in [-0.25, -0.2) is 8.78 Å². The molecule has 1 aliphatic heterocycles. The Morgan fingerprint density at radius 2 is 1.88 bits per heavy atom. The molecule has 0 saturated heterocycles. The molecule has 0 saturated carbocycles. The van der Waals surface area contributed by atoms with E-state index in [-0.39, 0.29) is 45.4 Å². The van der Waals surface area contributed by atoms with E-state index in [1.54, 1.807) is 13.8 Å². The van der Waals surface area contributed by atoms with Crippen LogP contribution in [0.25, 0.3) is 11.1 Å².